The first-order valence-corrected chi connectivity index (χ1v) is 9.93. The van der Waals surface area contributed by atoms with Crippen molar-refractivity contribution in [1.82, 2.24) is 0 Å². The van der Waals surface area contributed by atoms with Crippen molar-refractivity contribution in [1.29, 1.82) is 0 Å². The zero-order chi connectivity index (χ0) is 18.6. The van der Waals surface area contributed by atoms with E-state index < -0.39 is 0 Å². The van der Waals surface area contributed by atoms with E-state index >= 15 is 0 Å². The van der Waals surface area contributed by atoms with E-state index in [0.29, 0.717) is 10.8 Å². The van der Waals surface area contributed by atoms with Crippen LogP contribution in [-0.4, -0.2) is 18.8 Å². The molecular formula is C24H42O2. The lowest BCUT2D eigenvalue weighted by molar-refractivity contribution is -0.0892. The Morgan fingerprint density at radius 3 is 1.69 bits per heavy atom. The van der Waals surface area contributed by atoms with Gasteiger partial charge in [0.25, 0.3) is 0 Å². The van der Waals surface area contributed by atoms with Gasteiger partial charge in [0.2, 0.25) is 0 Å². The SMILES string of the molecule is C.CC1(C)CCCCC1.CC1(C)COC1.CC1(C)Cc2ccccc2O1. The fourth-order valence-corrected chi connectivity index (χ4v) is 3.56. The molecular weight excluding hydrogens is 320 g/mol. The van der Waals surface area contributed by atoms with Gasteiger partial charge >= 0.3 is 0 Å². The summed E-state index contributed by atoms with van der Waals surface area (Å²) in [6, 6.07) is 8.23. The highest BCUT2D eigenvalue weighted by atomic mass is 16.5. The third-order valence-electron chi connectivity index (χ3n) is 5.17. The van der Waals surface area contributed by atoms with E-state index in [0.717, 1.165) is 25.4 Å². The van der Waals surface area contributed by atoms with E-state index in [9.17, 15) is 0 Å². The summed E-state index contributed by atoms with van der Waals surface area (Å²) in [5.41, 5.74) is 2.51. The molecule has 1 aliphatic carbocycles. The third-order valence-corrected chi connectivity index (χ3v) is 5.17. The average molecular weight is 363 g/mol. The van der Waals surface area contributed by atoms with Crippen LogP contribution in [-0.2, 0) is 11.2 Å². The molecule has 0 amide bonds. The first kappa shape index (κ1) is 23.0. The van der Waals surface area contributed by atoms with E-state index in [1.165, 1.54) is 37.7 Å². The fourth-order valence-electron chi connectivity index (χ4n) is 3.56. The molecule has 1 aromatic rings. The normalized spacial score (nSPS) is 23.3. The molecule has 4 rings (SSSR count). The number of rotatable bonds is 0. The van der Waals surface area contributed by atoms with Gasteiger partial charge < -0.3 is 9.47 Å². The Labute approximate surface area is 162 Å². The van der Waals surface area contributed by atoms with Crippen LogP contribution in [0, 0.1) is 10.8 Å². The number of fused-ring (bicyclic) bond motifs is 1. The molecule has 0 bridgehead atoms. The predicted octanol–water partition coefficient (Wildman–Crippen LogP) is 7.06. The molecule has 1 aromatic carbocycles. The smallest absolute Gasteiger partial charge is 0.123 e. The highest BCUT2D eigenvalue weighted by Gasteiger charge is 2.29. The minimum Gasteiger partial charge on any atom is -0.487 e. The largest absolute Gasteiger partial charge is 0.487 e. The van der Waals surface area contributed by atoms with Crippen LogP contribution in [0.25, 0.3) is 0 Å². The lowest BCUT2D eigenvalue weighted by Gasteiger charge is -2.33. The van der Waals surface area contributed by atoms with Gasteiger partial charge in [-0.05, 0) is 43.7 Å². The summed E-state index contributed by atoms with van der Waals surface area (Å²) in [5, 5.41) is 0. The van der Waals surface area contributed by atoms with Crippen LogP contribution in [0.5, 0.6) is 5.75 Å². The van der Waals surface area contributed by atoms with Gasteiger partial charge in [-0.15, -0.1) is 0 Å². The van der Waals surface area contributed by atoms with Gasteiger partial charge in [-0.25, -0.2) is 0 Å². The maximum absolute atomic E-state index is 5.69. The van der Waals surface area contributed by atoms with Crippen molar-refractivity contribution in [2.24, 2.45) is 10.8 Å². The van der Waals surface area contributed by atoms with E-state index in [1.807, 2.05) is 12.1 Å². The Morgan fingerprint density at radius 2 is 1.31 bits per heavy atom. The van der Waals surface area contributed by atoms with Gasteiger partial charge in [-0.2, -0.15) is 0 Å². The Hall–Kier alpha value is -1.02. The number of ether oxygens (including phenoxy) is 2. The van der Waals surface area contributed by atoms with Gasteiger partial charge in [-0.3, -0.25) is 0 Å². The van der Waals surface area contributed by atoms with Crippen LogP contribution in [0.1, 0.15) is 86.6 Å². The molecule has 1 saturated heterocycles. The van der Waals surface area contributed by atoms with Crippen LogP contribution >= 0.6 is 0 Å². The molecule has 0 atom stereocenters. The number of hydrogen-bond acceptors (Lipinski definition) is 2. The summed E-state index contributed by atoms with van der Waals surface area (Å²) in [5.74, 6) is 1.05. The molecule has 3 aliphatic rings. The lowest BCUT2D eigenvalue weighted by atomic mass is 9.78. The van der Waals surface area contributed by atoms with Gasteiger partial charge in [0.15, 0.2) is 0 Å². The summed E-state index contributed by atoms with van der Waals surface area (Å²) in [7, 11) is 0. The van der Waals surface area contributed by atoms with Gasteiger partial charge in [0, 0.05) is 11.8 Å². The molecule has 26 heavy (non-hydrogen) atoms. The molecule has 2 nitrogen and oxygen atoms in total. The highest BCUT2D eigenvalue weighted by Crippen LogP contribution is 2.35. The van der Waals surface area contributed by atoms with Gasteiger partial charge in [0.1, 0.15) is 11.4 Å². The van der Waals surface area contributed by atoms with Crippen molar-refractivity contribution >= 4 is 0 Å². The molecule has 0 N–H and O–H groups in total. The summed E-state index contributed by atoms with van der Waals surface area (Å²) >= 11 is 0. The molecule has 150 valence electrons. The summed E-state index contributed by atoms with van der Waals surface area (Å²) in [6.45, 7) is 15.3. The Morgan fingerprint density at radius 1 is 0.769 bits per heavy atom. The van der Waals surface area contributed by atoms with E-state index in [-0.39, 0.29) is 13.0 Å². The Kier molecular flexibility index (Phi) is 8.20. The van der Waals surface area contributed by atoms with Crippen LogP contribution in [0.3, 0.4) is 0 Å². The van der Waals surface area contributed by atoms with E-state index in [2.05, 4.69) is 53.7 Å². The molecule has 0 unspecified atom stereocenters. The number of para-hydroxylation sites is 1. The van der Waals surface area contributed by atoms with Crippen molar-refractivity contribution in [3.05, 3.63) is 29.8 Å². The molecule has 2 heterocycles. The zero-order valence-electron chi connectivity index (χ0n) is 17.3. The Balaban J connectivity index is 0.000000201. The lowest BCUT2D eigenvalue weighted by Crippen LogP contribution is -2.36. The van der Waals surface area contributed by atoms with E-state index in [4.69, 9.17) is 9.47 Å². The number of benzene rings is 1. The minimum atomic E-state index is 0. The third kappa shape index (κ3) is 7.70. The molecule has 2 fully saturated rings. The van der Waals surface area contributed by atoms with Crippen molar-refractivity contribution in [2.45, 2.75) is 93.1 Å². The quantitative estimate of drug-likeness (QED) is 0.492. The summed E-state index contributed by atoms with van der Waals surface area (Å²) in [4.78, 5) is 0. The van der Waals surface area contributed by atoms with Crippen molar-refractivity contribution < 1.29 is 9.47 Å². The maximum atomic E-state index is 5.69. The standard InChI is InChI=1S/C10H12O.C8H16.C5H10O.CH4/c1-10(2)7-8-5-3-4-6-9(8)11-10;1-8(2)6-4-3-5-7-8;1-5(2)3-6-4-5;/h3-6H,7H2,1-2H3;3-7H2,1-2H3;3-4H2,1-2H3;1H4. The summed E-state index contributed by atoms with van der Waals surface area (Å²) in [6.07, 6.45) is 8.34. The topological polar surface area (TPSA) is 18.5 Å². The molecule has 0 radical (unpaired) electrons. The molecule has 2 aliphatic heterocycles. The minimum absolute atomic E-state index is 0. The number of hydrogen-bond donors (Lipinski definition) is 0. The maximum Gasteiger partial charge on any atom is 0.123 e. The van der Waals surface area contributed by atoms with Crippen LogP contribution < -0.4 is 4.74 Å². The Bertz CT molecular complexity index is 502. The van der Waals surface area contributed by atoms with Gasteiger partial charge in [0.05, 0.1) is 13.2 Å². The van der Waals surface area contributed by atoms with Crippen LogP contribution in [0.4, 0.5) is 0 Å². The molecule has 0 spiro atoms. The second-order valence-corrected chi connectivity index (χ2v) is 10.0. The molecule has 2 heteroatoms. The first-order chi connectivity index (χ1) is 11.6. The first-order valence-electron chi connectivity index (χ1n) is 9.93. The average Bonchev–Trinajstić information content (AvgIpc) is 2.80. The molecule has 1 saturated carbocycles. The second-order valence-electron chi connectivity index (χ2n) is 10.0. The van der Waals surface area contributed by atoms with Crippen molar-refractivity contribution in [3.8, 4) is 5.75 Å². The zero-order valence-corrected chi connectivity index (χ0v) is 17.3. The second kappa shape index (κ2) is 9.26. The molecule has 0 aromatic heterocycles. The van der Waals surface area contributed by atoms with Crippen molar-refractivity contribution in [3.63, 3.8) is 0 Å². The van der Waals surface area contributed by atoms with Crippen LogP contribution in [0.15, 0.2) is 24.3 Å². The predicted molar refractivity (Wildman–Crippen MR) is 113 cm³/mol. The monoisotopic (exact) mass is 362 g/mol. The fraction of sp³-hybridized carbons (Fsp3) is 0.750. The van der Waals surface area contributed by atoms with Gasteiger partial charge in [-0.1, -0.05) is 72.6 Å². The van der Waals surface area contributed by atoms with E-state index in [1.54, 1.807) is 0 Å². The summed E-state index contributed by atoms with van der Waals surface area (Å²) < 4.78 is 10.6. The van der Waals surface area contributed by atoms with Crippen molar-refractivity contribution in [2.75, 3.05) is 13.2 Å². The highest BCUT2D eigenvalue weighted by molar-refractivity contribution is 5.38. The van der Waals surface area contributed by atoms with Crippen LogP contribution in [0.2, 0.25) is 0 Å².